The van der Waals surface area contributed by atoms with Gasteiger partial charge in [0.15, 0.2) is 0 Å². The van der Waals surface area contributed by atoms with E-state index in [0.717, 1.165) is 0 Å². The minimum absolute atomic E-state index is 0.341. The maximum atomic E-state index is 4.71. The summed E-state index contributed by atoms with van der Waals surface area (Å²) >= 11 is 4.05. The number of hydrogen-bond acceptors (Lipinski definition) is 1. The van der Waals surface area contributed by atoms with Crippen LogP contribution in [-0.4, -0.2) is 4.77 Å². The van der Waals surface area contributed by atoms with E-state index in [1.165, 1.54) is 0 Å². The Morgan fingerprint density at radius 3 is 2.00 bits per heavy atom. The molecule has 0 aromatic heterocycles. The summed E-state index contributed by atoms with van der Waals surface area (Å²) in [5, 5.41) is 0. The summed E-state index contributed by atoms with van der Waals surface area (Å²) < 4.78 is 5.05. The Hall–Kier alpha value is 1.48. The van der Waals surface area contributed by atoms with Gasteiger partial charge in [-0.15, -0.1) is 22.4 Å². The molecule has 0 heterocycles. The van der Waals surface area contributed by atoms with E-state index in [9.17, 15) is 0 Å². The molecule has 0 fully saturated rings. The molecule has 0 radical (unpaired) electrons. The third-order valence-electron chi connectivity index (χ3n) is 0.123. The predicted octanol–water partition coefficient (Wildman–Crippen LogP) is 1.91. The maximum absolute atomic E-state index is 4.71. The fourth-order valence-electron chi connectivity index (χ4n) is 0. The van der Waals surface area contributed by atoms with Crippen molar-refractivity contribution in [2.75, 3.05) is 0 Å². The highest BCUT2D eigenvalue weighted by Gasteiger charge is 1.94. The van der Waals surface area contributed by atoms with Gasteiger partial charge < -0.3 is 2.98 Å². The zero-order valence-corrected chi connectivity index (χ0v) is 7.06. The van der Waals surface area contributed by atoms with Gasteiger partial charge in [-0.25, -0.2) is 0 Å². The summed E-state index contributed by atoms with van der Waals surface area (Å²) in [5.41, 5.74) is 0. The van der Waals surface area contributed by atoms with Gasteiger partial charge >= 0.3 is 4.77 Å². The van der Waals surface area contributed by atoms with E-state index in [1.54, 1.807) is 0 Å². The Morgan fingerprint density at radius 1 is 1.80 bits per heavy atom. The Morgan fingerprint density at radius 2 is 2.00 bits per heavy atom. The first-order valence-corrected chi connectivity index (χ1v) is 3.31. The molecule has 0 aliphatic rings. The molecule has 0 saturated heterocycles. The molecule has 0 aliphatic carbocycles. The molecule has 0 rings (SSSR count). The Balaban J connectivity index is 2.54. The van der Waals surface area contributed by atoms with E-state index in [1.807, 2.05) is 29.8 Å². The molecule has 1 nitrogen and oxygen atoms in total. The molecular formula is CH3BI2O. The first kappa shape index (κ1) is 6.48. The minimum atomic E-state index is 0.341. The number of halogens is 2. The largest absolute Gasteiger partial charge is 0.374 e. The average Bonchev–Trinajstić information content (AvgIpc) is 1.38. The van der Waals surface area contributed by atoms with Crippen molar-refractivity contribution in [3.05, 3.63) is 0 Å². The van der Waals surface area contributed by atoms with E-state index in [-0.39, 0.29) is 0 Å². The van der Waals surface area contributed by atoms with Crippen molar-refractivity contribution in [1.29, 1.82) is 0 Å². The van der Waals surface area contributed by atoms with Crippen molar-refractivity contribution >= 4 is 50.2 Å². The summed E-state index contributed by atoms with van der Waals surface area (Å²) in [6, 6.07) is 0. The van der Waals surface area contributed by atoms with E-state index >= 15 is 0 Å². The topological polar surface area (TPSA) is 9.23 Å². The fraction of sp³-hybridized carbons (Fsp3) is 1.00. The third kappa shape index (κ3) is 5.48. The Bertz CT molecular complexity index is 23.6. The summed E-state index contributed by atoms with van der Waals surface area (Å²) in [6.45, 7) is 1.98. The zero-order chi connectivity index (χ0) is 4.28. The Labute approximate surface area is 59.5 Å². The molecule has 0 aromatic rings. The molecule has 0 saturated carbocycles. The van der Waals surface area contributed by atoms with Crippen LogP contribution in [0.1, 0.15) is 0 Å². The van der Waals surface area contributed by atoms with Crippen LogP contribution in [0, 0.1) is 0 Å². The quantitative estimate of drug-likeness (QED) is 0.530. The van der Waals surface area contributed by atoms with Crippen LogP contribution in [0.2, 0.25) is 6.82 Å². The van der Waals surface area contributed by atoms with Crippen molar-refractivity contribution in [3.63, 3.8) is 0 Å². The molecule has 0 atom stereocenters. The number of hydrogen-bond donors (Lipinski definition) is 0. The molecule has 5 heavy (non-hydrogen) atoms. The molecule has 0 spiro atoms. The summed E-state index contributed by atoms with van der Waals surface area (Å²) in [6.07, 6.45) is 0. The SMILES string of the molecule is CB(I)OI. The summed E-state index contributed by atoms with van der Waals surface area (Å²) in [5.74, 6) is 0. The van der Waals surface area contributed by atoms with Crippen molar-refractivity contribution in [3.8, 4) is 0 Å². The highest BCUT2D eigenvalue weighted by molar-refractivity contribution is 14.1. The lowest BCUT2D eigenvalue weighted by atomic mass is 10.1. The van der Waals surface area contributed by atoms with Crippen LogP contribution in [0.5, 0.6) is 0 Å². The van der Waals surface area contributed by atoms with E-state index < -0.39 is 0 Å². The lowest BCUT2D eigenvalue weighted by Crippen LogP contribution is -1.89. The molecule has 0 amide bonds. The summed E-state index contributed by atoms with van der Waals surface area (Å²) in [7, 11) is 0. The van der Waals surface area contributed by atoms with Gasteiger partial charge in [0.25, 0.3) is 0 Å². The molecule has 0 aliphatic heterocycles. The molecule has 4 heteroatoms. The summed E-state index contributed by atoms with van der Waals surface area (Å²) in [4.78, 5) is 0. The van der Waals surface area contributed by atoms with E-state index in [0.29, 0.717) is 4.77 Å². The van der Waals surface area contributed by atoms with Crippen molar-refractivity contribution < 1.29 is 2.98 Å². The third-order valence-corrected chi connectivity index (χ3v) is 2.11. The molecule has 0 aromatic carbocycles. The van der Waals surface area contributed by atoms with Crippen LogP contribution in [-0.2, 0) is 2.98 Å². The zero-order valence-electron chi connectivity index (χ0n) is 2.74. The van der Waals surface area contributed by atoms with Gasteiger partial charge in [-0.2, -0.15) is 0 Å². The smallest absolute Gasteiger partial charge is 0.364 e. The van der Waals surface area contributed by atoms with Crippen LogP contribution in [0.3, 0.4) is 0 Å². The lowest BCUT2D eigenvalue weighted by molar-refractivity contribution is 0.781. The first-order chi connectivity index (χ1) is 2.27. The molecular weight excluding hydrogens is 293 g/mol. The standard InChI is InChI=1S/CH3BI2O/c1-2(3)5-4/h1H3. The normalized spacial score (nSPS) is 7.80. The lowest BCUT2D eigenvalue weighted by Gasteiger charge is -1.83. The van der Waals surface area contributed by atoms with Crippen LogP contribution < -0.4 is 0 Å². The van der Waals surface area contributed by atoms with Crippen LogP contribution in [0.25, 0.3) is 0 Å². The van der Waals surface area contributed by atoms with E-state index in [4.69, 9.17) is 2.98 Å². The maximum Gasteiger partial charge on any atom is 0.374 e. The van der Waals surface area contributed by atoms with Crippen molar-refractivity contribution in [1.82, 2.24) is 0 Å². The van der Waals surface area contributed by atoms with Gasteiger partial charge in [0.2, 0.25) is 0 Å². The van der Waals surface area contributed by atoms with Crippen molar-refractivity contribution in [2.24, 2.45) is 0 Å². The molecule has 30 valence electrons. The van der Waals surface area contributed by atoms with Gasteiger partial charge in [0.1, 0.15) is 0 Å². The van der Waals surface area contributed by atoms with Gasteiger partial charge in [0, 0.05) is 0 Å². The van der Waals surface area contributed by atoms with Gasteiger partial charge in [-0.05, 0) is 6.82 Å². The second-order valence-electron chi connectivity index (χ2n) is 0.632. The van der Waals surface area contributed by atoms with Crippen LogP contribution in [0.4, 0.5) is 0 Å². The molecule has 0 unspecified atom stereocenters. The minimum Gasteiger partial charge on any atom is -0.364 e. The van der Waals surface area contributed by atoms with Crippen molar-refractivity contribution in [2.45, 2.75) is 6.82 Å². The first-order valence-electron chi connectivity index (χ1n) is 1.19. The Kier molecular flexibility index (Phi) is 4.76. The monoisotopic (exact) mass is 296 g/mol. The van der Waals surface area contributed by atoms with Crippen LogP contribution in [0.15, 0.2) is 0 Å². The highest BCUT2D eigenvalue weighted by Crippen LogP contribution is 1.98. The van der Waals surface area contributed by atoms with Crippen LogP contribution >= 0.6 is 45.4 Å². The van der Waals surface area contributed by atoms with Gasteiger partial charge in [-0.1, -0.05) is 0 Å². The van der Waals surface area contributed by atoms with E-state index in [2.05, 4.69) is 22.4 Å². The molecule has 0 N–H and O–H groups in total. The number of rotatable bonds is 1. The highest BCUT2D eigenvalue weighted by atomic mass is 127. The van der Waals surface area contributed by atoms with Gasteiger partial charge in [-0.3, -0.25) is 0 Å². The fourth-order valence-corrected chi connectivity index (χ4v) is 0. The van der Waals surface area contributed by atoms with Gasteiger partial charge in [0.05, 0.1) is 23.0 Å². The second-order valence-corrected chi connectivity index (χ2v) is 2.89. The average molecular weight is 296 g/mol. The molecule has 0 bridgehead atoms. The second kappa shape index (κ2) is 3.67. The predicted molar refractivity (Wildman–Crippen MR) is 40.7 cm³/mol.